The van der Waals surface area contributed by atoms with Crippen molar-refractivity contribution in [1.29, 1.82) is 0 Å². The molecule has 1 aromatic heterocycles. The van der Waals surface area contributed by atoms with Crippen LogP contribution in [0.15, 0.2) is 75.9 Å². The molecule has 1 aliphatic heterocycles. The highest BCUT2D eigenvalue weighted by atomic mass is 35.5. The van der Waals surface area contributed by atoms with Gasteiger partial charge in [-0.2, -0.15) is 0 Å². The molecule has 4 aromatic rings. The number of aryl methyl sites for hydroxylation is 1. The minimum atomic E-state index is -0.788. The predicted octanol–water partition coefficient (Wildman–Crippen LogP) is 5.01. The molecule has 8 heteroatoms. The second kappa shape index (κ2) is 8.85. The van der Waals surface area contributed by atoms with E-state index in [1.807, 2.05) is 0 Å². The van der Waals surface area contributed by atoms with Crippen LogP contribution in [0.2, 0.25) is 5.02 Å². The van der Waals surface area contributed by atoms with Crippen LogP contribution in [0.4, 0.5) is 0 Å². The molecule has 5 rings (SSSR count). The molecule has 0 unspecified atom stereocenters. The maximum atomic E-state index is 13.3. The van der Waals surface area contributed by atoms with E-state index < -0.39 is 23.2 Å². The van der Waals surface area contributed by atoms with Crippen LogP contribution in [-0.4, -0.2) is 29.2 Å². The Morgan fingerprint density at radius 3 is 2.23 bits per heavy atom. The maximum Gasteiger partial charge on any atom is 0.313 e. The quantitative estimate of drug-likeness (QED) is 0.290. The first-order valence-electron chi connectivity index (χ1n) is 10.8. The van der Waals surface area contributed by atoms with Gasteiger partial charge in [-0.15, -0.1) is 0 Å². The predicted molar refractivity (Wildman–Crippen MR) is 130 cm³/mol. The number of hydrogen-bond acceptors (Lipinski definition) is 6. The molecule has 0 spiro atoms. The lowest BCUT2D eigenvalue weighted by molar-refractivity contribution is -0.134. The van der Waals surface area contributed by atoms with Crippen molar-refractivity contribution >= 4 is 40.4 Å². The summed E-state index contributed by atoms with van der Waals surface area (Å²) in [6.45, 7) is 1.60. The second-order valence-corrected chi connectivity index (χ2v) is 8.49. The van der Waals surface area contributed by atoms with E-state index in [2.05, 4.69) is 0 Å². The van der Waals surface area contributed by atoms with Crippen molar-refractivity contribution in [2.24, 2.45) is 0 Å². The van der Waals surface area contributed by atoms with Gasteiger partial charge in [0.05, 0.1) is 22.9 Å². The summed E-state index contributed by atoms with van der Waals surface area (Å²) in [5.41, 5.74) is 1.61. The summed E-state index contributed by atoms with van der Waals surface area (Å²) in [5.74, 6) is -1.92. The van der Waals surface area contributed by atoms with Gasteiger partial charge in [0.2, 0.25) is 11.2 Å². The van der Waals surface area contributed by atoms with E-state index in [0.29, 0.717) is 27.3 Å². The molecule has 0 bridgehead atoms. The van der Waals surface area contributed by atoms with E-state index in [9.17, 15) is 19.2 Å². The van der Waals surface area contributed by atoms with Crippen molar-refractivity contribution in [2.75, 3.05) is 6.54 Å². The Morgan fingerprint density at radius 2 is 1.57 bits per heavy atom. The first-order valence-corrected chi connectivity index (χ1v) is 11.2. The first-order chi connectivity index (χ1) is 16.8. The third-order valence-corrected chi connectivity index (χ3v) is 6.21. The fraction of sp³-hybridized carbons (Fsp3) is 0.111. The third-order valence-electron chi connectivity index (χ3n) is 5.80. The zero-order valence-electron chi connectivity index (χ0n) is 18.5. The molecule has 0 aliphatic carbocycles. The van der Waals surface area contributed by atoms with Crippen LogP contribution in [0.5, 0.6) is 5.75 Å². The average Bonchev–Trinajstić information content (AvgIpc) is 3.11. The summed E-state index contributed by atoms with van der Waals surface area (Å²) in [6.07, 6.45) is -0.300. The Balaban J connectivity index is 1.45. The Bertz CT molecular complexity index is 1540. The number of imide groups is 1. The van der Waals surface area contributed by atoms with Crippen molar-refractivity contribution in [1.82, 2.24) is 4.90 Å². The Hall–Kier alpha value is -4.23. The van der Waals surface area contributed by atoms with E-state index in [1.54, 1.807) is 67.6 Å². The fourth-order valence-corrected chi connectivity index (χ4v) is 4.14. The maximum absolute atomic E-state index is 13.3. The zero-order valence-corrected chi connectivity index (χ0v) is 19.3. The largest absolute Gasteiger partial charge is 0.452 e. The van der Waals surface area contributed by atoms with Crippen LogP contribution in [0, 0.1) is 6.92 Å². The highest BCUT2D eigenvalue weighted by Crippen LogP contribution is 2.33. The first kappa shape index (κ1) is 22.6. The standard InChI is InChI=1S/C27H18ClNO6/c1-15-13-21-19(14-20(15)28)23(31)25(24(34-21)16-7-3-2-4-8-16)35-22(30)11-12-29-26(32)17-9-5-6-10-18(17)27(29)33/h2-10,13-14H,11-12H2,1H3. The minimum Gasteiger partial charge on any atom is -0.452 e. The second-order valence-electron chi connectivity index (χ2n) is 8.08. The highest BCUT2D eigenvalue weighted by molar-refractivity contribution is 6.32. The summed E-state index contributed by atoms with van der Waals surface area (Å²) >= 11 is 6.20. The number of esters is 1. The molecule has 35 heavy (non-hydrogen) atoms. The number of fused-ring (bicyclic) bond motifs is 2. The van der Waals surface area contributed by atoms with Gasteiger partial charge in [0.1, 0.15) is 5.58 Å². The number of rotatable bonds is 5. The molecule has 2 heterocycles. The molecule has 7 nitrogen and oxygen atoms in total. The fourth-order valence-electron chi connectivity index (χ4n) is 3.98. The lowest BCUT2D eigenvalue weighted by Crippen LogP contribution is -2.32. The summed E-state index contributed by atoms with van der Waals surface area (Å²) in [6, 6.07) is 18.4. The average molecular weight is 488 g/mol. The van der Waals surface area contributed by atoms with E-state index >= 15 is 0 Å². The molecule has 2 amide bonds. The number of hydrogen-bond donors (Lipinski definition) is 0. The number of nitrogens with zero attached hydrogens (tertiary/aromatic N) is 1. The van der Waals surface area contributed by atoms with Crippen molar-refractivity contribution in [3.63, 3.8) is 0 Å². The number of halogens is 1. The van der Waals surface area contributed by atoms with E-state index in [-0.39, 0.29) is 29.9 Å². The Morgan fingerprint density at radius 1 is 0.943 bits per heavy atom. The minimum absolute atomic E-state index is 0.0962. The van der Waals surface area contributed by atoms with Crippen molar-refractivity contribution in [3.8, 4) is 17.1 Å². The van der Waals surface area contributed by atoms with Gasteiger partial charge < -0.3 is 9.15 Å². The molecule has 0 atom stereocenters. The van der Waals surface area contributed by atoms with Crippen LogP contribution >= 0.6 is 11.6 Å². The summed E-state index contributed by atoms with van der Waals surface area (Å²) in [7, 11) is 0. The summed E-state index contributed by atoms with van der Waals surface area (Å²) in [4.78, 5) is 52.2. The van der Waals surface area contributed by atoms with E-state index in [4.69, 9.17) is 20.8 Å². The van der Waals surface area contributed by atoms with E-state index in [1.165, 1.54) is 6.07 Å². The summed E-state index contributed by atoms with van der Waals surface area (Å²) in [5, 5.41) is 0.545. The van der Waals surface area contributed by atoms with Gasteiger partial charge in [0.15, 0.2) is 5.76 Å². The van der Waals surface area contributed by atoms with Gasteiger partial charge in [-0.25, -0.2) is 0 Å². The third kappa shape index (κ3) is 4.00. The van der Waals surface area contributed by atoms with Crippen LogP contribution in [-0.2, 0) is 4.79 Å². The monoisotopic (exact) mass is 487 g/mol. The molecule has 1 aliphatic rings. The molecule has 0 saturated carbocycles. The zero-order chi connectivity index (χ0) is 24.7. The van der Waals surface area contributed by atoms with Crippen molar-refractivity contribution < 1.29 is 23.5 Å². The lowest BCUT2D eigenvalue weighted by atomic mass is 10.1. The van der Waals surface area contributed by atoms with Gasteiger partial charge in [0, 0.05) is 17.1 Å². The normalized spacial score (nSPS) is 12.8. The molecule has 174 valence electrons. The van der Waals surface area contributed by atoms with Crippen molar-refractivity contribution in [2.45, 2.75) is 13.3 Å². The summed E-state index contributed by atoms with van der Waals surface area (Å²) < 4.78 is 11.5. The molecule has 0 fully saturated rings. The SMILES string of the molecule is Cc1cc2oc(-c3ccccc3)c(OC(=O)CCN3C(=O)c4ccccc4C3=O)c(=O)c2cc1Cl. The molecular weight excluding hydrogens is 470 g/mol. The van der Waals surface area contributed by atoms with Crippen molar-refractivity contribution in [3.05, 3.63) is 98.7 Å². The van der Waals surface area contributed by atoms with Crippen LogP contribution in [0.25, 0.3) is 22.3 Å². The topological polar surface area (TPSA) is 93.9 Å². The number of carbonyl (C=O) groups excluding carboxylic acids is 3. The van der Waals surface area contributed by atoms with Gasteiger partial charge in [0.25, 0.3) is 11.8 Å². The van der Waals surface area contributed by atoms with Gasteiger partial charge >= 0.3 is 5.97 Å². The molecule has 0 saturated heterocycles. The van der Waals surface area contributed by atoms with Gasteiger partial charge in [-0.1, -0.05) is 54.1 Å². The Kier molecular flexibility index (Phi) is 5.70. The number of ether oxygens (including phenoxy) is 1. The van der Waals surface area contributed by atoms with Crippen LogP contribution in [0.1, 0.15) is 32.7 Å². The Labute approximate surface area is 204 Å². The molecule has 3 aromatic carbocycles. The lowest BCUT2D eigenvalue weighted by Gasteiger charge is -2.14. The van der Waals surface area contributed by atoms with E-state index in [0.717, 1.165) is 10.5 Å². The number of benzene rings is 3. The number of amides is 2. The highest BCUT2D eigenvalue weighted by Gasteiger charge is 2.35. The van der Waals surface area contributed by atoms with Gasteiger partial charge in [-0.3, -0.25) is 24.1 Å². The number of carbonyl (C=O) groups is 3. The van der Waals surface area contributed by atoms with Crippen LogP contribution < -0.4 is 10.2 Å². The van der Waals surface area contributed by atoms with Gasteiger partial charge in [-0.05, 0) is 36.8 Å². The molecule has 0 radical (unpaired) electrons. The molecular formula is C27H18ClNO6. The van der Waals surface area contributed by atoms with Crippen LogP contribution in [0.3, 0.4) is 0 Å². The molecule has 0 N–H and O–H groups in total. The smallest absolute Gasteiger partial charge is 0.313 e.